The molecule has 0 bridgehead atoms. The molecule has 1 atom stereocenters. The van der Waals surface area contributed by atoms with E-state index >= 15 is 0 Å². The summed E-state index contributed by atoms with van der Waals surface area (Å²) in [6.45, 7) is 1.86. The lowest BCUT2D eigenvalue weighted by molar-refractivity contribution is 0.640. The smallest absolute Gasteiger partial charge is 0.0847 e. The fraction of sp³-hybridized carbons (Fsp3) is 0.308. The van der Waals surface area contributed by atoms with Crippen LogP contribution < -0.4 is 5.73 Å². The lowest BCUT2D eigenvalue weighted by Gasteiger charge is -2.15. The highest BCUT2D eigenvalue weighted by Gasteiger charge is 2.19. The van der Waals surface area contributed by atoms with Crippen LogP contribution >= 0.6 is 34.8 Å². The number of rotatable bonds is 3. The molecule has 102 valence electrons. The molecular formula is C13H14Cl3N3. The molecule has 0 radical (unpaired) electrons. The maximum atomic E-state index is 6.22. The molecule has 0 saturated carbocycles. The Morgan fingerprint density at radius 1 is 1.26 bits per heavy atom. The van der Waals surface area contributed by atoms with Gasteiger partial charge in [0.1, 0.15) is 0 Å². The Hall–Kier alpha value is -0.740. The highest BCUT2D eigenvalue weighted by atomic mass is 35.5. The largest absolute Gasteiger partial charge is 0.324 e. The maximum Gasteiger partial charge on any atom is 0.0847 e. The van der Waals surface area contributed by atoms with Gasteiger partial charge in [-0.3, -0.25) is 4.68 Å². The van der Waals surface area contributed by atoms with Crippen LogP contribution in [-0.4, -0.2) is 9.78 Å². The molecule has 1 aromatic carbocycles. The highest BCUT2D eigenvalue weighted by Crippen LogP contribution is 2.32. The summed E-state index contributed by atoms with van der Waals surface area (Å²) in [4.78, 5) is 0. The second-order valence-corrected chi connectivity index (χ2v) is 5.61. The van der Waals surface area contributed by atoms with Gasteiger partial charge in [-0.05, 0) is 19.1 Å². The maximum absolute atomic E-state index is 6.22. The Kier molecular flexibility index (Phi) is 4.41. The first kappa shape index (κ1) is 14.7. The van der Waals surface area contributed by atoms with Crippen LogP contribution in [0.15, 0.2) is 18.2 Å². The van der Waals surface area contributed by atoms with Gasteiger partial charge in [0.15, 0.2) is 0 Å². The van der Waals surface area contributed by atoms with Gasteiger partial charge in [0.2, 0.25) is 0 Å². The van der Waals surface area contributed by atoms with Crippen molar-refractivity contribution in [2.24, 2.45) is 12.8 Å². The monoisotopic (exact) mass is 317 g/mol. The molecule has 19 heavy (non-hydrogen) atoms. The Labute approximate surface area is 127 Å². The average molecular weight is 319 g/mol. The third-order valence-corrected chi connectivity index (χ3v) is 4.20. The van der Waals surface area contributed by atoms with Crippen LogP contribution in [0.3, 0.4) is 0 Å². The lowest BCUT2D eigenvalue weighted by Crippen LogP contribution is -2.16. The fourth-order valence-corrected chi connectivity index (χ4v) is 2.99. The predicted octanol–water partition coefficient (Wildman–Crippen LogP) is 3.93. The SMILES string of the molecule is Cc1nn(C)c(CC(N)c2c(Cl)cccc2Cl)c1Cl. The molecule has 2 rings (SSSR count). The molecule has 1 heterocycles. The third-order valence-electron chi connectivity index (χ3n) is 3.05. The summed E-state index contributed by atoms with van der Waals surface area (Å²) >= 11 is 18.5. The lowest BCUT2D eigenvalue weighted by atomic mass is 10.0. The van der Waals surface area contributed by atoms with Crippen molar-refractivity contribution in [1.29, 1.82) is 0 Å². The quantitative estimate of drug-likeness (QED) is 0.932. The standard InChI is InChI=1S/C13H14Cl3N3/c1-7-13(16)11(19(2)18-7)6-10(17)12-8(14)4-3-5-9(12)15/h3-5,10H,6,17H2,1-2H3. The number of benzene rings is 1. The average Bonchev–Trinajstić information content (AvgIpc) is 2.56. The van der Waals surface area contributed by atoms with Crippen LogP contribution in [0.5, 0.6) is 0 Å². The van der Waals surface area contributed by atoms with Crippen LogP contribution in [0.25, 0.3) is 0 Å². The minimum Gasteiger partial charge on any atom is -0.324 e. The van der Waals surface area contributed by atoms with Gasteiger partial charge in [0, 0.05) is 35.1 Å². The molecule has 0 aliphatic heterocycles. The second kappa shape index (κ2) is 5.71. The van der Waals surface area contributed by atoms with E-state index in [2.05, 4.69) is 5.10 Å². The normalized spacial score (nSPS) is 12.7. The molecule has 0 aliphatic carbocycles. The number of hydrogen-bond acceptors (Lipinski definition) is 2. The van der Waals surface area contributed by atoms with Gasteiger partial charge in [-0.15, -0.1) is 0 Å². The summed E-state index contributed by atoms with van der Waals surface area (Å²) in [6, 6.07) is 5.02. The van der Waals surface area contributed by atoms with Gasteiger partial charge in [-0.2, -0.15) is 5.10 Å². The molecule has 0 saturated heterocycles. The van der Waals surface area contributed by atoms with E-state index in [-0.39, 0.29) is 6.04 Å². The van der Waals surface area contributed by atoms with Crippen LogP contribution in [0.2, 0.25) is 15.1 Å². The van der Waals surface area contributed by atoms with E-state index in [9.17, 15) is 0 Å². The predicted molar refractivity (Wildman–Crippen MR) is 80.0 cm³/mol. The zero-order valence-electron chi connectivity index (χ0n) is 10.6. The summed E-state index contributed by atoms with van der Waals surface area (Å²) in [5.74, 6) is 0. The van der Waals surface area contributed by atoms with Crippen LogP contribution in [0.1, 0.15) is 23.0 Å². The molecule has 3 nitrogen and oxygen atoms in total. The summed E-state index contributed by atoms with van der Waals surface area (Å²) in [6.07, 6.45) is 0.527. The summed E-state index contributed by atoms with van der Waals surface area (Å²) in [7, 11) is 1.84. The Bertz CT molecular complexity index is 587. The topological polar surface area (TPSA) is 43.8 Å². The molecule has 0 amide bonds. The summed E-state index contributed by atoms with van der Waals surface area (Å²) in [5, 5.41) is 6.03. The first-order valence-corrected chi connectivity index (χ1v) is 6.92. The van der Waals surface area contributed by atoms with Crippen molar-refractivity contribution in [3.8, 4) is 0 Å². The van der Waals surface area contributed by atoms with Crippen molar-refractivity contribution in [3.05, 3.63) is 50.2 Å². The van der Waals surface area contributed by atoms with E-state index in [0.717, 1.165) is 17.0 Å². The Morgan fingerprint density at radius 3 is 2.32 bits per heavy atom. The Morgan fingerprint density at radius 2 is 1.84 bits per heavy atom. The highest BCUT2D eigenvalue weighted by molar-refractivity contribution is 6.36. The van der Waals surface area contributed by atoms with Gasteiger partial charge in [-0.1, -0.05) is 40.9 Å². The number of aromatic nitrogens is 2. The van der Waals surface area contributed by atoms with Gasteiger partial charge in [0.25, 0.3) is 0 Å². The van der Waals surface area contributed by atoms with Crippen molar-refractivity contribution in [1.82, 2.24) is 9.78 Å². The van der Waals surface area contributed by atoms with E-state index in [1.54, 1.807) is 22.9 Å². The number of aryl methyl sites for hydroxylation is 2. The van der Waals surface area contributed by atoms with Crippen molar-refractivity contribution in [2.45, 2.75) is 19.4 Å². The van der Waals surface area contributed by atoms with Crippen molar-refractivity contribution >= 4 is 34.8 Å². The molecule has 0 fully saturated rings. The van der Waals surface area contributed by atoms with E-state index in [0.29, 0.717) is 21.5 Å². The van der Waals surface area contributed by atoms with E-state index in [1.165, 1.54) is 0 Å². The number of hydrogen-bond donors (Lipinski definition) is 1. The molecule has 1 unspecified atom stereocenters. The van der Waals surface area contributed by atoms with Gasteiger partial charge in [-0.25, -0.2) is 0 Å². The van der Waals surface area contributed by atoms with Gasteiger partial charge < -0.3 is 5.73 Å². The van der Waals surface area contributed by atoms with E-state index in [4.69, 9.17) is 40.5 Å². The van der Waals surface area contributed by atoms with Crippen LogP contribution in [0.4, 0.5) is 0 Å². The molecule has 0 aliphatic rings. The van der Waals surface area contributed by atoms with E-state index in [1.807, 2.05) is 14.0 Å². The second-order valence-electron chi connectivity index (χ2n) is 4.42. The summed E-state index contributed by atoms with van der Waals surface area (Å²) in [5.41, 5.74) is 8.61. The van der Waals surface area contributed by atoms with Crippen molar-refractivity contribution in [2.75, 3.05) is 0 Å². The fourth-order valence-electron chi connectivity index (χ4n) is 2.08. The first-order chi connectivity index (χ1) is 8.91. The molecular weight excluding hydrogens is 305 g/mol. The van der Waals surface area contributed by atoms with Crippen molar-refractivity contribution < 1.29 is 0 Å². The molecule has 6 heteroatoms. The first-order valence-electron chi connectivity index (χ1n) is 5.79. The molecule has 0 spiro atoms. The van der Waals surface area contributed by atoms with Gasteiger partial charge in [0.05, 0.1) is 16.4 Å². The molecule has 1 aromatic heterocycles. The minimum atomic E-state index is -0.325. The molecule has 2 N–H and O–H groups in total. The zero-order valence-corrected chi connectivity index (χ0v) is 12.9. The number of halogens is 3. The zero-order chi connectivity index (χ0) is 14.2. The van der Waals surface area contributed by atoms with Crippen LogP contribution in [0, 0.1) is 6.92 Å². The van der Waals surface area contributed by atoms with E-state index < -0.39 is 0 Å². The number of nitrogens with two attached hydrogens (primary N) is 1. The minimum absolute atomic E-state index is 0.325. The Balaban J connectivity index is 2.33. The van der Waals surface area contributed by atoms with Crippen molar-refractivity contribution in [3.63, 3.8) is 0 Å². The van der Waals surface area contributed by atoms with Gasteiger partial charge >= 0.3 is 0 Å². The number of nitrogens with zero attached hydrogens (tertiary/aromatic N) is 2. The third kappa shape index (κ3) is 2.90. The van der Waals surface area contributed by atoms with Crippen LogP contribution in [-0.2, 0) is 13.5 Å². The molecule has 2 aromatic rings. The summed E-state index contributed by atoms with van der Waals surface area (Å²) < 4.78 is 1.74.